The van der Waals surface area contributed by atoms with Crippen molar-refractivity contribution in [3.05, 3.63) is 242 Å². The summed E-state index contributed by atoms with van der Waals surface area (Å²) in [6, 6.07) is 23.5. The number of hydrogen-bond acceptors (Lipinski definition) is 2. The second kappa shape index (κ2) is 17.0. The fraction of sp³-hybridized carbons (Fsp3) is 0.0625. The van der Waals surface area contributed by atoms with Crippen LogP contribution in [0.1, 0.15) is 44.1 Å². The maximum Gasteiger partial charge on any atom is 0.269 e. The summed E-state index contributed by atoms with van der Waals surface area (Å²) in [7, 11) is 0. The number of hydrogen-bond donors (Lipinski definition) is 0. The van der Waals surface area contributed by atoms with E-state index in [4.69, 9.17) is 28.9 Å². The average molecular weight is 920 g/mol. The van der Waals surface area contributed by atoms with Gasteiger partial charge in [-0.25, -0.2) is 4.98 Å². The normalized spacial score (nSPS) is 15.4. The molecule has 334 valence electrons. The molecule has 6 heteroatoms. The van der Waals surface area contributed by atoms with Crippen molar-refractivity contribution in [1.29, 1.82) is 0 Å². The molecule has 0 saturated heterocycles. The Morgan fingerprint density at radius 2 is 1.20 bits per heavy atom. The summed E-state index contributed by atoms with van der Waals surface area (Å²) in [6.45, 7) is 4.24. The van der Waals surface area contributed by atoms with E-state index < -0.39 is 109 Å². The van der Waals surface area contributed by atoms with E-state index in [1.807, 2.05) is 47.0 Å². The van der Waals surface area contributed by atoms with Gasteiger partial charge in [-0.2, -0.15) is 0 Å². The van der Waals surface area contributed by atoms with E-state index in [9.17, 15) is 5.48 Å². The fourth-order valence-corrected chi connectivity index (χ4v) is 9.57. The van der Waals surface area contributed by atoms with Crippen LogP contribution in [0.25, 0.3) is 99.8 Å². The number of aromatic nitrogens is 5. The second-order valence-electron chi connectivity index (χ2n) is 17.2. The molecule has 0 amide bonds. The topological polar surface area (TPSA) is 40.8 Å². The van der Waals surface area contributed by atoms with Crippen LogP contribution in [-0.4, -0.2) is 18.7 Å². The lowest BCUT2D eigenvalue weighted by molar-refractivity contribution is -0.571. The highest BCUT2D eigenvalue weighted by Gasteiger charge is 2.23. The van der Waals surface area contributed by atoms with E-state index in [0.29, 0.717) is 50.3 Å². The molecule has 13 aromatic rings. The Morgan fingerprint density at radius 1 is 0.557 bits per heavy atom. The Hall–Kier alpha value is -9.00. The second-order valence-corrected chi connectivity index (χ2v) is 17.2. The number of benzene rings is 9. The molecule has 0 aliphatic carbocycles. The largest absolute Gasteiger partial charge is 0.458 e. The van der Waals surface area contributed by atoms with Crippen molar-refractivity contribution in [3.8, 4) is 56.6 Å². The quantitative estimate of drug-likeness (QED) is 0.101. The minimum atomic E-state index is -0.624. The molecule has 0 aliphatic rings. The molecule has 0 unspecified atom stereocenters. The number of ether oxygens (including phenoxy) is 1. The number of imidazole rings is 1. The lowest BCUT2D eigenvalue weighted by Crippen LogP contribution is -2.31. The maximum absolute atomic E-state index is 9.48. The van der Waals surface area contributed by atoms with Gasteiger partial charge < -0.3 is 9.30 Å². The molecule has 6 nitrogen and oxygen atoms in total. The summed E-state index contributed by atoms with van der Waals surface area (Å²) in [4.78, 5) is 4.89. The van der Waals surface area contributed by atoms with Crippen LogP contribution in [0.15, 0.2) is 230 Å². The molecule has 4 heterocycles. The monoisotopic (exact) mass is 919 g/mol. The van der Waals surface area contributed by atoms with Crippen LogP contribution in [0.4, 0.5) is 0 Å². The Bertz CT molecular complexity index is 4980. The smallest absolute Gasteiger partial charge is 0.269 e. The average Bonchev–Trinajstić information content (AvgIpc) is 1.53. The number of fused-ring (bicyclic) bond motifs is 7. The van der Waals surface area contributed by atoms with Crippen LogP contribution in [0.5, 0.6) is 11.5 Å². The van der Waals surface area contributed by atoms with E-state index in [1.165, 1.54) is 22.8 Å². The molecule has 0 radical (unpaired) electrons. The predicted octanol–water partition coefficient (Wildman–Crippen LogP) is 15.6. The standard InChI is InChI=1S/C64H47N5O/c1-43(2)37-44-35-36-65-62(38-44)69-57-32-14-11-27-54(57)63-60(68-55-30-12-9-25-52(55)53-26-10-13-31-56(53)68)40-49(41-61(63)69)70-48-24-17-23-47(39-48)66-42-67(59-34-16-15-33-58(59)66)64-50(45-19-5-3-6-20-45)28-18-29-51(64)46-21-7-4-8-22-46/h3-36,38-41,43H,37H2,1-2H3/i3D,4D,5D,6D,7D,8D,9D,10D,12D,13D,19D,20D,21D,22D,25D,26D,30D,31D. The third kappa shape index (κ3) is 6.95. The minimum absolute atomic E-state index is 0.0717. The first-order chi connectivity index (χ1) is 42.0. The van der Waals surface area contributed by atoms with E-state index >= 15 is 0 Å². The van der Waals surface area contributed by atoms with Gasteiger partial charge in [-0.3, -0.25) is 13.7 Å². The number of nitrogens with zero attached hydrogens (tertiary/aromatic N) is 5. The summed E-state index contributed by atoms with van der Waals surface area (Å²) in [5.74, 6) is 1.29. The first kappa shape index (κ1) is 26.5. The van der Waals surface area contributed by atoms with Crippen molar-refractivity contribution >= 4 is 54.6 Å². The predicted molar refractivity (Wildman–Crippen MR) is 286 cm³/mol. The Labute approximate surface area is 431 Å². The summed E-state index contributed by atoms with van der Waals surface area (Å²) in [6.07, 6.45) is 5.88. The zero-order valence-corrected chi connectivity index (χ0v) is 37.5. The SMILES string of the molecule is [2H]c1c([2H])c([2H])c(-c2cccc(-c3c([2H])c([2H])c([2H])c([2H])c3[2H])c2-[n+]2[c-]n(-c3cccc(Oc4cc(-n5c6c([2H])c([2H])c([2H])c([2H])c6c6c([2H])c([2H])c([2H])c([2H])c65)c5c6ccccc6n(-c6cc(CC(C)C)ccn6)c5c4)c3)c3ccccc32)c([2H])c1[2H]. The molecule has 70 heavy (non-hydrogen) atoms. The lowest BCUT2D eigenvalue weighted by Gasteiger charge is -2.17. The molecular weight excluding hydrogens is 855 g/mol. The summed E-state index contributed by atoms with van der Waals surface area (Å²) in [5.41, 5.74) is 3.54. The van der Waals surface area contributed by atoms with Gasteiger partial charge >= 0.3 is 0 Å². The molecule has 4 aromatic heterocycles. The first-order valence-corrected chi connectivity index (χ1v) is 22.6. The summed E-state index contributed by atoms with van der Waals surface area (Å²) >= 11 is 0. The highest BCUT2D eigenvalue weighted by atomic mass is 16.5. The van der Waals surface area contributed by atoms with Crippen LogP contribution in [0, 0.1) is 12.2 Å². The number of pyridine rings is 1. The van der Waals surface area contributed by atoms with Crippen molar-refractivity contribution in [2.24, 2.45) is 5.92 Å². The molecule has 0 spiro atoms. The Morgan fingerprint density at radius 3 is 1.91 bits per heavy atom. The van der Waals surface area contributed by atoms with Crippen molar-refractivity contribution in [1.82, 2.24) is 18.7 Å². The molecule has 0 saturated carbocycles. The molecule has 0 fully saturated rings. The highest BCUT2D eigenvalue weighted by Crippen LogP contribution is 2.43. The van der Waals surface area contributed by atoms with Gasteiger partial charge in [-0.15, -0.1) is 0 Å². The van der Waals surface area contributed by atoms with Gasteiger partial charge in [0.25, 0.3) is 6.33 Å². The van der Waals surface area contributed by atoms with Crippen LogP contribution < -0.4 is 9.30 Å². The molecule has 0 bridgehead atoms. The third-order valence-electron chi connectivity index (χ3n) is 12.4. The van der Waals surface area contributed by atoms with Crippen molar-refractivity contribution in [2.45, 2.75) is 20.3 Å². The molecule has 0 atom stereocenters. The van der Waals surface area contributed by atoms with Gasteiger partial charge in [0.2, 0.25) is 0 Å². The summed E-state index contributed by atoms with van der Waals surface area (Å²) in [5, 5.41) is 1.02. The third-order valence-corrected chi connectivity index (χ3v) is 12.4. The van der Waals surface area contributed by atoms with Crippen molar-refractivity contribution in [2.75, 3.05) is 0 Å². The van der Waals surface area contributed by atoms with Crippen LogP contribution in [0.3, 0.4) is 0 Å². The Kier molecular flexibility index (Phi) is 6.42. The van der Waals surface area contributed by atoms with Crippen LogP contribution >= 0.6 is 0 Å². The molecule has 0 N–H and O–H groups in total. The molecule has 9 aromatic carbocycles. The zero-order chi connectivity index (χ0) is 62.4. The van der Waals surface area contributed by atoms with Crippen molar-refractivity contribution < 1.29 is 34.0 Å². The van der Waals surface area contributed by atoms with E-state index in [1.54, 1.807) is 69.9 Å². The molecular formula is C64H47N5O. The van der Waals surface area contributed by atoms with E-state index in [-0.39, 0.29) is 66.9 Å². The van der Waals surface area contributed by atoms with Crippen LogP contribution in [-0.2, 0) is 6.42 Å². The van der Waals surface area contributed by atoms with Gasteiger partial charge in [-0.1, -0.05) is 177 Å². The van der Waals surface area contributed by atoms with Gasteiger partial charge in [0.15, 0.2) is 0 Å². The maximum atomic E-state index is 9.48. The van der Waals surface area contributed by atoms with E-state index in [0.717, 1.165) is 12.0 Å². The lowest BCUT2D eigenvalue weighted by atomic mass is 9.95. The Balaban J connectivity index is 1.07. The highest BCUT2D eigenvalue weighted by molar-refractivity contribution is 6.16. The number of para-hydroxylation sites is 6. The van der Waals surface area contributed by atoms with Gasteiger partial charge in [0.1, 0.15) is 17.3 Å². The van der Waals surface area contributed by atoms with Gasteiger partial charge in [0, 0.05) is 39.9 Å². The van der Waals surface area contributed by atoms with Gasteiger partial charge in [0.05, 0.1) is 74.8 Å². The zero-order valence-electron chi connectivity index (χ0n) is 55.5. The molecule has 0 aliphatic heterocycles. The first-order valence-electron chi connectivity index (χ1n) is 31.6. The van der Waals surface area contributed by atoms with Gasteiger partial charge in [-0.05, 0) is 88.6 Å². The van der Waals surface area contributed by atoms with E-state index in [2.05, 4.69) is 20.2 Å². The minimum Gasteiger partial charge on any atom is -0.458 e. The molecule has 13 rings (SSSR count). The van der Waals surface area contributed by atoms with Crippen LogP contribution in [0.2, 0.25) is 0 Å². The number of rotatable bonds is 10. The summed E-state index contributed by atoms with van der Waals surface area (Å²) < 4.78 is 174. The fourth-order valence-electron chi connectivity index (χ4n) is 9.57. The van der Waals surface area contributed by atoms with Crippen molar-refractivity contribution in [3.63, 3.8) is 0 Å².